The van der Waals surface area contributed by atoms with E-state index in [4.69, 9.17) is 21.1 Å². The standard InChI is InChI=1S/C12H10ClNO3/c13-9-3-1-2-8(6-9)4-5-10-11(12(15)16)14-7-17-10/h1-3,6-7H,4-5H2,(H,15,16). The first-order valence-electron chi connectivity index (χ1n) is 5.07. The molecule has 0 aliphatic heterocycles. The molecule has 1 aromatic heterocycles. The highest BCUT2D eigenvalue weighted by molar-refractivity contribution is 6.30. The molecule has 0 fully saturated rings. The van der Waals surface area contributed by atoms with Crippen molar-refractivity contribution >= 4 is 17.6 Å². The zero-order valence-corrected chi connectivity index (χ0v) is 9.65. The number of hydrogen-bond acceptors (Lipinski definition) is 3. The molecule has 17 heavy (non-hydrogen) atoms. The summed E-state index contributed by atoms with van der Waals surface area (Å²) in [6, 6.07) is 7.43. The summed E-state index contributed by atoms with van der Waals surface area (Å²) in [6.07, 6.45) is 2.30. The number of oxazole rings is 1. The number of aryl methyl sites for hydroxylation is 2. The van der Waals surface area contributed by atoms with Crippen LogP contribution in [-0.2, 0) is 12.8 Å². The smallest absolute Gasteiger partial charge is 0.358 e. The number of carboxylic acids is 1. The fraction of sp³-hybridized carbons (Fsp3) is 0.167. The number of hydrogen-bond donors (Lipinski definition) is 1. The van der Waals surface area contributed by atoms with Gasteiger partial charge in [-0.3, -0.25) is 0 Å². The minimum Gasteiger partial charge on any atom is -0.476 e. The van der Waals surface area contributed by atoms with Crippen LogP contribution in [0.5, 0.6) is 0 Å². The number of aromatic nitrogens is 1. The van der Waals surface area contributed by atoms with Crippen LogP contribution in [-0.4, -0.2) is 16.1 Å². The number of carbonyl (C=O) groups is 1. The zero-order chi connectivity index (χ0) is 12.3. The fourth-order valence-corrected chi connectivity index (χ4v) is 1.79. The van der Waals surface area contributed by atoms with Crippen LogP contribution in [0.15, 0.2) is 35.1 Å². The molecule has 88 valence electrons. The van der Waals surface area contributed by atoms with Gasteiger partial charge in [0, 0.05) is 11.4 Å². The molecule has 0 saturated carbocycles. The molecule has 0 unspecified atom stereocenters. The van der Waals surface area contributed by atoms with Crippen molar-refractivity contribution in [3.63, 3.8) is 0 Å². The highest BCUT2D eigenvalue weighted by Gasteiger charge is 2.14. The number of benzene rings is 1. The minimum atomic E-state index is -1.07. The summed E-state index contributed by atoms with van der Waals surface area (Å²) < 4.78 is 5.05. The van der Waals surface area contributed by atoms with E-state index in [2.05, 4.69) is 4.98 Å². The molecule has 0 aliphatic rings. The van der Waals surface area contributed by atoms with Crippen LogP contribution in [0, 0.1) is 0 Å². The Balaban J connectivity index is 2.07. The summed E-state index contributed by atoms with van der Waals surface area (Å²) in [4.78, 5) is 14.5. The predicted octanol–water partition coefficient (Wildman–Crippen LogP) is 2.81. The Hall–Kier alpha value is -1.81. The van der Waals surface area contributed by atoms with Crippen molar-refractivity contribution in [1.82, 2.24) is 4.98 Å². The summed E-state index contributed by atoms with van der Waals surface area (Å²) in [5.41, 5.74) is 1.01. The molecule has 0 amide bonds. The summed E-state index contributed by atoms with van der Waals surface area (Å²) in [6.45, 7) is 0. The van der Waals surface area contributed by atoms with Crippen molar-refractivity contribution in [3.8, 4) is 0 Å². The largest absolute Gasteiger partial charge is 0.476 e. The van der Waals surface area contributed by atoms with E-state index in [0.29, 0.717) is 23.6 Å². The monoisotopic (exact) mass is 251 g/mol. The summed E-state index contributed by atoms with van der Waals surface area (Å²) in [5, 5.41) is 9.52. The van der Waals surface area contributed by atoms with E-state index in [9.17, 15) is 4.79 Å². The van der Waals surface area contributed by atoms with Crippen molar-refractivity contribution in [2.45, 2.75) is 12.8 Å². The van der Waals surface area contributed by atoms with Gasteiger partial charge in [0.15, 0.2) is 12.1 Å². The van der Waals surface area contributed by atoms with Gasteiger partial charge in [-0.2, -0.15) is 0 Å². The molecule has 1 heterocycles. The van der Waals surface area contributed by atoms with Gasteiger partial charge in [-0.15, -0.1) is 0 Å². The predicted molar refractivity (Wildman–Crippen MR) is 62.3 cm³/mol. The van der Waals surface area contributed by atoms with Gasteiger partial charge in [-0.05, 0) is 24.1 Å². The fourth-order valence-electron chi connectivity index (χ4n) is 1.57. The molecule has 5 heteroatoms. The van der Waals surface area contributed by atoms with Gasteiger partial charge >= 0.3 is 5.97 Å². The lowest BCUT2D eigenvalue weighted by atomic mass is 10.1. The third-order valence-corrected chi connectivity index (χ3v) is 2.61. The van der Waals surface area contributed by atoms with E-state index >= 15 is 0 Å². The summed E-state index contributed by atoms with van der Waals surface area (Å²) in [7, 11) is 0. The quantitative estimate of drug-likeness (QED) is 0.908. The van der Waals surface area contributed by atoms with E-state index < -0.39 is 5.97 Å². The van der Waals surface area contributed by atoms with Crippen LogP contribution in [0.25, 0.3) is 0 Å². The lowest BCUT2D eigenvalue weighted by molar-refractivity contribution is 0.0689. The number of halogens is 1. The SMILES string of the molecule is O=C(O)c1ncoc1CCc1cccc(Cl)c1. The van der Waals surface area contributed by atoms with Gasteiger partial charge in [0.2, 0.25) is 0 Å². The molecular weight excluding hydrogens is 242 g/mol. The van der Waals surface area contributed by atoms with Crippen molar-refractivity contribution < 1.29 is 14.3 Å². The Kier molecular flexibility index (Phi) is 3.44. The Bertz CT molecular complexity index is 536. The van der Waals surface area contributed by atoms with E-state index in [1.54, 1.807) is 6.07 Å². The van der Waals surface area contributed by atoms with Gasteiger partial charge in [0.25, 0.3) is 0 Å². The number of rotatable bonds is 4. The number of nitrogens with zero attached hydrogens (tertiary/aromatic N) is 1. The van der Waals surface area contributed by atoms with Gasteiger partial charge in [-0.1, -0.05) is 23.7 Å². The van der Waals surface area contributed by atoms with Crippen molar-refractivity contribution in [1.29, 1.82) is 0 Å². The molecule has 4 nitrogen and oxygen atoms in total. The molecule has 0 radical (unpaired) electrons. The van der Waals surface area contributed by atoms with E-state index in [1.165, 1.54) is 0 Å². The molecular formula is C12H10ClNO3. The first-order valence-corrected chi connectivity index (χ1v) is 5.44. The van der Waals surface area contributed by atoms with Gasteiger partial charge < -0.3 is 9.52 Å². The molecule has 2 aromatic rings. The molecule has 0 aliphatic carbocycles. The third kappa shape index (κ3) is 2.85. The van der Waals surface area contributed by atoms with Crippen molar-refractivity contribution in [2.75, 3.05) is 0 Å². The second-order valence-corrected chi connectivity index (χ2v) is 4.00. The first-order chi connectivity index (χ1) is 8.16. The molecule has 2 rings (SSSR count). The second-order valence-electron chi connectivity index (χ2n) is 3.56. The normalized spacial score (nSPS) is 10.4. The van der Waals surface area contributed by atoms with Crippen LogP contribution in [0.4, 0.5) is 0 Å². The molecule has 0 spiro atoms. The average Bonchev–Trinajstić information content (AvgIpc) is 2.74. The van der Waals surface area contributed by atoms with Crippen LogP contribution >= 0.6 is 11.6 Å². The molecule has 0 saturated heterocycles. The van der Waals surface area contributed by atoms with Gasteiger partial charge in [0.05, 0.1) is 0 Å². The second kappa shape index (κ2) is 5.01. The molecule has 1 aromatic carbocycles. The van der Waals surface area contributed by atoms with Crippen LogP contribution in [0.1, 0.15) is 21.8 Å². The van der Waals surface area contributed by atoms with Gasteiger partial charge in [-0.25, -0.2) is 9.78 Å². The van der Waals surface area contributed by atoms with E-state index in [-0.39, 0.29) is 5.69 Å². The summed E-state index contributed by atoms with van der Waals surface area (Å²) in [5.74, 6) is -0.683. The van der Waals surface area contributed by atoms with Crippen molar-refractivity contribution in [3.05, 3.63) is 52.7 Å². The van der Waals surface area contributed by atoms with Crippen LogP contribution in [0.2, 0.25) is 5.02 Å². The third-order valence-electron chi connectivity index (χ3n) is 2.37. The number of carboxylic acid groups (broad SMARTS) is 1. The Morgan fingerprint density at radius 2 is 2.24 bits per heavy atom. The highest BCUT2D eigenvalue weighted by Crippen LogP contribution is 2.15. The topological polar surface area (TPSA) is 63.3 Å². The summed E-state index contributed by atoms with van der Waals surface area (Å²) >= 11 is 5.86. The lowest BCUT2D eigenvalue weighted by Gasteiger charge is -2.00. The van der Waals surface area contributed by atoms with E-state index in [0.717, 1.165) is 12.0 Å². The maximum atomic E-state index is 10.8. The maximum absolute atomic E-state index is 10.8. The first kappa shape index (κ1) is 11.7. The Labute approximate surface area is 103 Å². The molecule has 0 bridgehead atoms. The van der Waals surface area contributed by atoms with Crippen LogP contribution < -0.4 is 0 Å². The Morgan fingerprint density at radius 3 is 2.94 bits per heavy atom. The van der Waals surface area contributed by atoms with Gasteiger partial charge in [0.1, 0.15) is 5.76 Å². The number of aromatic carboxylic acids is 1. The maximum Gasteiger partial charge on any atom is 0.358 e. The minimum absolute atomic E-state index is 0.0213. The van der Waals surface area contributed by atoms with E-state index in [1.807, 2.05) is 18.2 Å². The van der Waals surface area contributed by atoms with Crippen molar-refractivity contribution in [2.24, 2.45) is 0 Å². The van der Waals surface area contributed by atoms with Crippen LogP contribution in [0.3, 0.4) is 0 Å². The average molecular weight is 252 g/mol. The Morgan fingerprint density at radius 1 is 1.41 bits per heavy atom. The zero-order valence-electron chi connectivity index (χ0n) is 8.89. The molecule has 1 N–H and O–H groups in total. The molecule has 0 atom stereocenters. The lowest BCUT2D eigenvalue weighted by Crippen LogP contribution is -2.02. The highest BCUT2D eigenvalue weighted by atomic mass is 35.5.